The Bertz CT molecular complexity index is 6860. The number of nitro groups is 2. The molecule has 620 valence electrons. The summed E-state index contributed by atoms with van der Waals surface area (Å²) >= 11 is 16.1. The van der Waals surface area contributed by atoms with Crippen molar-refractivity contribution in [2.45, 2.75) is 40.6 Å². The highest BCUT2D eigenvalue weighted by Gasteiger charge is 2.44. The lowest BCUT2D eigenvalue weighted by molar-refractivity contribution is -0.383. The molecule has 9 heterocycles. The first kappa shape index (κ1) is 86.3. The number of hydrogen-bond donors (Lipinski definition) is 4. The third kappa shape index (κ3) is 17.2. The summed E-state index contributed by atoms with van der Waals surface area (Å²) in [5.41, 5.74) is 31.7. The highest BCUT2D eigenvalue weighted by molar-refractivity contribution is 9.11. The van der Waals surface area contributed by atoms with Crippen molar-refractivity contribution >= 4 is 163 Å². The van der Waals surface area contributed by atoms with Crippen molar-refractivity contribution in [3.05, 3.63) is 446 Å². The van der Waals surface area contributed by atoms with Crippen molar-refractivity contribution in [2.75, 3.05) is 17.2 Å². The number of nitrogens with zero attached hydrogens (tertiary/aromatic N) is 15. The van der Waals surface area contributed by atoms with Crippen molar-refractivity contribution in [1.82, 2.24) is 68.5 Å². The first-order valence-electron chi connectivity index (χ1n) is 38.6. The smallest absolute Gasteiger partial charge is 0.314 e. The molecule has 0 atom stereocenters. The maximum Gasteiger partial charge on any atom is 0.314 e. The minimum absolute atomic E-state index is 0.0659. The van der Waals surface area contributed by atoms with Gasteiger partial charge in [0.15, 0.2) is 49.3 Å². The number of H-pyrrole nitrogens is 1. The fourth-order valence-corrected chi connectivity index (χ4v) is 18.0. The van der Waals surface area contributed by atoms with Gasteiger partial charge in [-0.05, 0) is 156 Å². The monoisotopic (exact) mass is 1990 g/mol. The standard InChI is InChI=1S/C34H30N4O2S.C25H17BrN4O2.C25H19BrN4.C6H3BrN4O2.C4H3Br2N3/c1-24(2)41(39,40)29-20-18-25(19-21-29)31-22-36-33-32(37-31)30(35)23-38(33)34(26-12-6-3-7-13-26,27-14-8-4-9-15-27)28-16-10-5-11-17-28;26-22-16-27-24-23(28-22)21(30(31)32)17-29(24)25(18-10-4-1-5-11-18,19-12-6-2-7-13-19)20-14-8-3-9-15-20;26-22-16-28-24-23(29-22)21(27)17-30(24)25(18-10-4-1-5-11-18,19-12-6-2-7-13-19)20-14-8-3-9-15-20;7-4-2-9-6-5(10-4)3(1-8-6)11(12)13;5-2-1-8-4(7)3(6)9-2/h3-24H,35H2,1-2H3;1-17H;1-17H,27H2;1-2H,(H,8,9);1H,(H2,7,8). The minimum Gasteiger partial charge on any atom is -0.396 e. The lowest BCUT2D eigenvalue weighted by Gasteiger charge is -2.38. The highest BCUT2D eigenvalue weighted by atomic mass is 79.9. The van der Waals surface area contributed by atoms with Crippen LogP contribution in [0.1, 0.15) is 63.9 Å². The number of fused-ring (bicyclic) bond motifs is 4. The summed E-state index contributed by atoms with van der Waals surface area (Å²) in [6.45, 7) is 3.35. The molecule has 0 aliphatic heterocycles. The van der Waals surface area contributed by atoms with Crippen LogP contribution in [0.25, 0.3) is 55.9 Å². The van der Waals surface area contributed by atoms with E-state index >= 15 is 0 Å². The van der Waals surface area contributed by atoms with Crippen LogP contribution < -0.4 is 17.2 Å². The van der Waals surface area contributed by atoms with Gasteiger partial charge in [0, 0.05) is 18.0 Å². The van der Waals surface area contributed by atoms with E-state index in [2.05, 4.69) is 238 Å². The second-order valence-corrected chi connectivity index (χ2v) is 34.9. The molecule has 19 aromatic rings. The van der Waals surface area contributed by atoms with E-state index in [1.54, 1.807) is 69.1 Å². The molecule has 25 nitrogen and oxygen atoms in total. The summed E-state index contributed by atoms with van der Waals surface area (Å²) in [6, 6.07) is 99.0. The van der Waals surface area contributed by atoms with Crippen LogP contribution in [0.4, 0.5) is 28.6 Å². The summed E-state index contributed by atoms with van der Waals surface area (Å²) < 4.78 is 34.2. The molecule has 9 aromatic heterocycles. The quantitative estimate of drug-likeness (QED) is 0.0374. The Labute approximate surface area is 758 Å². The first-order valence-corrected chi connectivity index (χ1v) is 44.1. The molecular formula is C94H72Br5N19O6S. The number of halogens is 5. The van der Waals surface area contributed by atoms with E-state index in [0.717, 1.165) is 61.3 Å². The minimum atomic E-state index is -3.37. The van der Waals surface area contributed by atoms with E-state index in [0.29, 0.717) is 73.9 Å². The first-order chi connectivity index (χ1) is 60.5. The van der Waals surface area contributed by atoms with E-state index in [-0.39, 0.29) is 27.3 Å². The Kier molecular flexibility index (Phi) is 25.9. The van der Waals surface area contributed by atoms with Gasteiger partial charge < -0.3 is 35.9 Å². The number of rotatable bonds is 17. The summed E-state index contributed by atoms with van der Waals surface area (Å²) in [4.78, 5) is 68.2. The Balaban J connectivity index is 0.000000130. The van der Waals surface area contributed by atoms with E-state index in [9.17, 15) is 28.6 Å². The predicted molar refractivity (Wildman–Crippen MR) is 505 cm³/mol. The van der Waals surface area contributed by atoms with Gasteiger partial charge in [0.05, 0.1) is 80.4 Å². The van der Waals surface area contributed by atoms with Crippen molar-refractivity contribution in [3.8, 4) is 11.3 Å². The van der Waals surface area contributed by atoms with Crippen LogP contribution in [-0.4, -0.2) is 92.0 Å². The van der Waals surface area contributed by atoms with Gasteiger partial charge in [-0.2, -0.15) is 0 Å². The SMILES string of the molecule is CC(C)S(=O)(=O)c1ccc(-c2cnc3c(n2)c(N)cn3C(c2ccccc2)(c2ccccc2)c2ccccc2)cc1.Nc1cn(C(c2ccccc2)(c2ccccc2)c2ccccc2)c2ncc(Br)nc12.Nc1ncc(Br)nc1Br.O=[N+]([O-])c1c[nH]c2ncc(Br)nc12.O=[N+]([O-])c1cn(C(c2ccccc2)(c2ccccc2)c2ccccc2)c2ncc(Br)nc12. The molecule has 0 aliphatic rings. The zero-order valence-electron chi connectivity index (χ0n) is 66.3. The molecule has 0 radical (unpaired) electrons. The molecule has 125 heavy (non-hydrogen) atoms. The number of nitrogen functional groups attached to an aromatic ring is 3. The average Bonchev–Trinajstić information content (AvgIpc) is 1.64. The Morgan fingerprint density at radius 1 is 0.360 bits per heavy atom. The van der Waals surface area contributed by atoms with E-state index in [4.69, 9.17) is 32.2 Å². The maximum atomic E-state index is 12.6. The Hall–Kier alpha value is -13.7. The molecule has 0 spiro atoms. The van der Waals surface area contributed by atoms with Crippen molar-refractivity contribution in [2.24, 2.45) is 0 Å². The maximum absolute atomic E-state index is 12.6. The van der Waals surface area contributed by atoms with E-state index in [1.807, 2.05) is 181 Å². The number of sulfone groups is 1. The number of aromatic amines is 1. The van der Waals surface area contributed by atoms with Crippen molar-refractivity contribution in [3.63, 3.8) is 0 Å². The van der Waals surface area contributed by atoms with Gasteiger partial charge in [0.25, 0.3) is 0 Å². The molecule has 19 rings (SSSR count). The van der Waals surface area contributed by atoms with Gasteiger partial charge in [-0.1, -0.05) is 285 Å². The van der Waals surface area contributed by atoms with E-state index < -0.39 is 41.6 Å². The molecule has 0 unspecified atom stereocenters. The van der Waals surface area contributed by atoms with E-state index in [1.165, 1.54) is 12.4 Å². The molecule has 0 aliphatic carbocycles. The third-order valence-electron chi connectivity index (χ3n) is 20.8. The summed E-state index contributed by atoms with van der Waals surface area (Å²) in [6.07, 6.45) is 14.7. The van der Waals surface area contributed by atoms with Crippen LogP contribution in [0.5, 0.6) is 0 Å². The molecule has 10 aromatic carbocycles. The van der Waals surface area contributed by atoms with Gasteiger partial charge in [0.2, 0.25) is 0 Å². The zero-order chi connectivity index (χ0) is 87.6. The highest BCUT2D eigenvalue weighted by Crippen LogP contribution is 2.48. The summed E-state index contributed by atoms with van der Waals surface area (Å²) in [5, 5.41) is 22.0. The van der Waals surface area contributed by atoms with Crippen LogP contribution >= 0.6 is 79.6 Å². The number of nitrogens with two attached hydrogens (primary N) is 3. The summed E-state index contributed by atoms with van der Waals surface area (Å²) in [5.74, 6) is 0.401. The molecule has 0 saturated heterocycles. The van der Waals surface area contributed by atoms with Gasteiger partial charge in [-0.25, -0.2) is 58.3 Å². The number of nitrogens with one attached hydrogen (secondary N) is 1. The third-order valence-corrected chi connectivity index (χ3v) is 25.1. The fraction of sp³-hybridized carbons (Fsp3) is 0.0638. The molecule has 31 heteroatoms. The second kappa shape index (κ2) is 37.6. The normalized spacial score (nSPS) is 11.5. The number of benzene rings is 10. The van der Waals surface area contributed by atoms with Crippen LogP contribution in [0, 0.1) is 20.2 Å². The van der Waals surface area contributed by atoms with Crippen LogP contribution in [0.3, 0.4) is 0 Å². The molecule has 0 fully saturated rings. The summed E-state index contributed by atoms with van der Waals surface area (Å²) in [7, 11) is -3.37. The zero-order valence-corrected chi connectivity index (χ0v) is 75.0. The lowest BCUT2D eigenvalue weighted by atomic mass is 9.76. The molecule has 0 saturated carbocycles. The van der Waals surface area contributed by atoms with Crippen LogP contribution in [0.15, 0.2) is 381 Å². The van der Waals surface area contributed by atoms with Gasteiger partial charge in [-0.3, -0.25) is 20.2 Å². The largest absolute Gasteiger partial charge is 0.396 e. The van der Waals surface area contributed by atoms with Gasteiger partial charge in [-0.15, -0.1) is 0 Å². The van der Waals surface area contributed by atoms with Crippen LogP contribution in [0.2, 0.25) is 0 Å². The fourth-order valence-electron chi connectivity index (χ4n) is 15.3. The topological polar surface area (TPSA) is 358 Å². The lowest BCUT2D eigenvalue weighted by Crippen LogP contribution is -2.37. The second-order valence-electron chi connectivity index (χ2n) is 28.4. The van der Waals surface area contributed by atoms with Gasteiger partial charge in [0.1, 0.15) is 50.7 Å². The van der Waals surface area contributed by atoms with Crippen LogP contribution in [-0.2, 0) is 26.5 Å². The molecule has 0 bridgehead atoms. The van der Waals surface area contributed by atoms with Crippen molar-refractivity contribution < 1.29 is 18.3 Å². The Morgan fingerprint density at radius 3 is 0.992 bits per heavy atom. The molecule has 0 amide bonds. The predicted octanol–water partition coefficient (Wildman–Crippen LogP) is 21.5. The number of aromatic nitrogens is 14. The number of anilines is 3. The average molecular weight is 2000 g/mol. The number of hydrogen-bond acceptors (Lipinski definition) is 19. The van der Waals surface area contributed by atoms with Gasteiger partial charge >= 0.3 is 11.4 Å². The Morgan fingerprint density at radius 2 is 0.656 bits per heavy atom. The van der Waals surface area contributed by atoms with Crippen molar-refractivity contribution in [1.29, 1.82) is 0 Å². The molecular weight excluding hydrogens is 1920 g/mol. The molecule has 7 N–H and O–H groups in total.